The van der Waals surface area contributed by atoms with Gasteiger partial charge in [0.05, 0.1) is 29.9 Å². The summed E-state index contributed by atoms with van der Waals surface area (Å²) in [5.74, 6) is 0.356. The number of anilines is 1. The van der Waals surface area contributed by atoms with Crippen molar-refractivity contribution in [3.63, 3.8) is 0 Å². The Labute approximate surface area is 189 Å². The molecule has 0 saturated heterocycles. The van der Waals surface area contributed by atoms with Crippen LogP contribution in [-0.2, 0) is 21.4 Å². The maximum absolute atomic E-state index is 13.5. The van der Waals surface area contributed by atoms with Crippen LogP contribution in [0, 0.1) is 13.8 Å². The lowest BCUT2D eigenvalue weighted by Crippen LogP contribution is -2.35. The van der Waals surface area contributed by atoms with E-state index in [1.807, 2.05) is 26.0 Å². The molecule has 7 nitrogen and oxygen atoms in total. The molecule has 0 aliphatic rings. The van der Waals surface area contributed by atoms with E-state index in [1.165, 1.54) is 4.31 Å². The molecule has 32 heavy (non-hydrogen) atoms. The number of aryl methyl sites for hydroxylation is 2. The van der Waals surface area contributed by atoms with Gasteiger partial charge in [0, 0.05) is 19.2 Å². The maximum atomic E-state index is 13.5. The Hall–Kier alpha value is -3.39. The zero-order valence-corrected chi connectivity index (χ0v) is 19.2. The van der Waals surface area contributed by atoms with Crippen LogP contribution in [0.4, 0.5) is 5.69 Å². The largest absolute Gasteiger partial charge is 0.497 e. The van der Waals surface area contributed by atoms with Gasteiger partial charge in [-0.05, 0) is 73.5 Å². The van der Waals surface area contributed by atoms with Crippen molar-refractivity contribution in [2.75, 3.05) is 18.0 Å². The second-order valence-electron chi connectivity index (χ2n) is 7.37. The number of sulfonamides is 1. The number of pyridine rings is 1. The summed E-state index contributed by atoms with van der Waals surface area (Å²) >= 11 is 0. The lowest BCUT2D eigenvalue weighted by Gasteiger charge is -2.25. The molecule has 1 N–H and O–H groups in total. The van der Waals surface area contributed by atoms with Gasteiger partial charge < -0.3 is 10.1 Å². The molecule has 0 aliphatic carbocycles. The highest BCUT2D eigenvalue weighted by Crippen LogP contribution is 2.27. The summed E-state index contributed by atoms with van der Waals surface area (Å²) in [6.07, 6.45) is 1.66. The van der Waals surface area contributed by atoms with Gasteiger partial charge in [-0.25, -0.2) is 8.42 Å². The number of amides is 1. The number of rotatable bonds is 9. The molecular weight excluding hydrogens is 426 g/mol. The first kappa shape index (κ1) is 23.3. The number of carbonyl (C=O) groups is 1. The normalized spacial score (nSPS) is 11.1. The van der Waals surface area contributed by atoms with E-state index in [2.05, 4.69) is 10.3 Å². The van der Waals surface area contributed by atoms with Gasteiger partial charge in [-0.15, -0.1) is 0 Å². The Morgan fingerprint density at radius 1 is 1.03 bits per heavy atom. The van der Waals surface area contributed by atoms with Gasteiger partial charge in [0.15, 0.2) is 0 Å². The summed E-state index contributed by atoms with van der Waals surface area (Å²) in [4.78, 5) is 16.8. The van der Waals surface area contributed by atoms with E-state index < -0.39 is 10.0 Å². The third kappa shape index (κ3) is 5.64. The van der Waals surface area contributed by atoms with Gasteiger partial charge in [-0.2, -0.15) is 0 Å². The highest BCUT2D eigenvalue weighted by atomic mass is 32.2. The van der Waals surface area contributed by atoms with E-state index in [0.717, 1.165) is 16.8 Å². The Kier molecular flexibility index (Phi) is 7.48. The molecule has 0 radical (unpaired) electrons. The molecule has 0 aliphatic heterocycles. The van der Waals surface area contributed by atoms with E-state index in [4.69, 9.17) is 4.74 Å². The monoisotopic (exact) mass is 453 g/mol. The van der Waals surface area contributed by atoms with Crippen LogP contribution in [0.2, 0.25) is 0 Å². The summed E-state index contributed by atoms with van der Waals surface area (Å²) in [6.45, 7) is 4.08. The third-order valence-corrected chi connectivity index (χ3v) is 6.98. The smallest absolute Gasteiger partial charge is 0.264 e. The van der Waals surface area contributed by atoms with Crippen molar-refractivity contribution >= 4 is 21.6 Å². The van der Waals surface area contributed by atoms with Crippen LogP contribution < -0.4 is 14.4 Å². The Morgan fingerprint density at radius 3 is 2.41 bits per heavy atom. The van der Waals surface area contributed by atoms with Crippen molar-refractivity contribution in [3.8, 4) is 5.75 Å². The second kappa shape index (κ2) is 10.3. The number of benzene rings is 2. The lowest BCUT2D eigenvalue weighted by molar-refractivity contribution is -0.121. The minimum atomic E-state index is -3.88. The predicted molar refractivity (Wildman–Crippen MR) is 124 cm³/mol. The molecule has 1 amide bonds. The minimum absolute atomic E-state index is 0.00291. The summed E-state index contributed by atoms with van der Waals surface area (Å²) in [5.41, 5.74) is 3.08. The molecule has 3 rings (SSSR count). The minimum Gasteiger partial charge on any atom is -0.497 e. The van der Waals surface area contributed by atoms with Crippen LogP contribution in [0.1, 0.15) is 23.2 Å². The molecule has 1 aromatic heterocycles. The first-order valence-corrected chi connectivity index (χ1v) is 11.7. The SMILES string of the molecule is COc1ccc(N(CCC(=O)NCc2ccccn2)S(=O)(=O)c2ccc(C)c(C)c2)cc1. The van der Waals surface area contributed by atoms with Gasteiger partial charge in [-0.1, -0.05) is 12.1 Å². The lowest BCUT2D eigenvalue weighted by atomic mass is 10.1. The number of aromatic nitrogens is 1. The molecule has 0 spiro atoms. The Bertz CT molecular complexity index is 1160. The van der Waals surface area contributed by atoms with Gasteiger partial charge >= 0.3 is 0 Å². The zero-order valence-electron chi connectivity index (χ0n) is 18.4. The van der Waals surface area contributed by atoms with E-state index in [0.29, 0.717) is 11.4 Å². The van der Waals surface area contributed by atoms with E-state index >= 15 is 0 Å². The summed E-state index contributed by atoms with van der Waals surface area (Å²) in [7, 11) is -2.33. The number of nitrogens with one attached hydrogen (secondary N) is 1. The highest BCUT2D eigenvalue weighted by molar-refractivity contribution is 7.92. The van der Waals surface area contributed by atoms with Crippen molar-refractivity contribution < 1.29 is 17.9 Å². The van der Waals surface area contributed by atoms with E-state index in [-0.39, 0.29) is 30.3 Å². The molecule has 0 fully saturated rings. The standard InChI is InChI=1S/C24H27N3O4S/c1-18-7-12-23(16-19(18)2)32(29,30)27(21-8-10-22(31-3)11-9-21)15-13-24(28)26-17-20-6-4-5-14-25-20/h4-12,14,16H,13,15,17H2,1-3H3,(H,26,28). The molecule has 168 valence electrons. The van der Waals surface area contributed by atoms with Gasteiger partial charge in [0.1, 0.15) is 5.75 Å². The van der Waals surface area contributed by atoms with Gasteiger partial charge in [0.2, 0.25) is 5.91 Å². The topological polar surface area (TPSA) is 88.6 Å². The molecule has 0 bridgehead atoms. The zero-order chi connectivity index (χ0) is 23.1. The number of methoxy groups -OCH3 is 1. The number of hydrogen-bond acceptors (Lipinski definition) is 5. The number of ether oxygens (including phenoxy) is 1. The van der Waals surface area contributed by atoms with E-state index in [1.54, 1.807) is 61.8 Å². The molecule has 2 aromatic carbocycles. The van der Waals surface area contributed by atoms with Gasteiger partial charge in [0.25, 0.3) is 10.0 Å². The van der Waals surface area contributed by atoms with Crippen LogP contribution >= 0.6 is 0 Å². The maximum Gasteiger partial charge on any atom is 0.264 e. The predicted octanol–water partition coefficient (Wildman–Crippen LogP) is 3.61. The Balaban J connectivity index is 1.81. The molecule has 0 unspecified atom stereocenters. The summed E-state index contributed by atoms with van der Waals surface area (Å²) in [6, 6.07) is 17.2. The molecule has 0 atom stereocenters. The van der Waals surface area contributed by atoms with E-state index in [9.17, 15) is 13.2 Å². The van der Waals surface area contributed by atoms with Crippen molar-refractivity contribution in [1.82, 2.24) is 10.3 Å². The van der Waals surface area contributed by atoms with Crippen molar-refractivity contribution in [1.29, 1.82) is 0 Å². The molecule has 3 aromatic rings. The molecular formula is C24H27N3O4S. The van der Waals surface area contributed by atoms with Crippen LogP contribution in [0.3, 0.4) is 0 Å². The highest BCUT2D eigenvalue weighted by Gasteiger charge is 2.26. The fourth-order valence-electron chi connectivity index (χ4n) is 3.12. The van der Waals surface area contributed by atoms with Gasteiger partial charge in [-0.3, -0.25) is 14.1 Å². The number of carbonyl (C=O) groups excluding carboxylic acids is 1. The number of nitrogens with zero attached hydrogens (tertiary/aromatic N) is 2. The van der Waals surface area contributed by atoms with Crippen LogP contribution in [0.5, 0.6) is 5.75 Å². The molecule has 1 heterocycles. The second-order valence-corrected chi connectivity index (χ2v) is 9.23. The summed E-state index contributed by atoms with van der Waals surface area (Å²) in [5, 5.41) is 2.79. The fourth-order valence-corrected chi connectivity index (χ4v) is 4.67. The Morgan fingerprint density at radius 2 is 1.78 bits per heavy atom. The average Bonchev–Trinajstić information content (AvgIpc) is 2.80. The summed E-state index contributed by atoms with van der Waals surface area (Å²) < 4.78 is 33.4. The first-order valence-electron chi connectivity index (χ1n) is 10.2. The van der Waals surface area contributed by atoms with Crippen molar-refractivity contribution in [2.45, 2.75) is 31.7 Å². The third-order valence-electron chi connectivity index (χ3n) is 5.16. The average molecular weight is 454 g/mol. The quantitative estimate of drug-likeness (QED) is 0.535. The van der Waals surface area contributed by atoms with Crippen LogP contribution in [0.15, 0.2) is 71.8 Å². The van der Waals surface area contributed by atoms with Crippen molar-refractivity contribution in [2.24, 2.45) is 0 Å². The first-order chi connectivity index (χ1) is 15.3. The molecule has 0 saturated carbocycles. The van der Waals surface area contributed by atoms with Crippen LogP contribution in [-0.4, -0.2) is 33.0 Å². The fraction of sp³-hybridized carbons (Fsp3) is 0.250. The molecule has 8 heteroatoms. The van der Waals surface area contributed by atoms with Crippen molar-refractivity contribution in [3.05, 3.63) is 83.7 Å². The number of hydrogen-bond donors (Lipinski definition) is 1. The van der Waals surface area contributed by atoms with Crippen LogP contribution in [0.25, 0.3) is 0 Å².